The quantitative estimate of drug-likeness (QED) is 0.791. The molecule has 18 heavy (non-hydrogen) atoms. The van der Waals surface area contributed by atoms with Crippen LogP contribution < -0.4 is 10.6 Å². The Kier molecular flexibility index (Phi) is 4.40. The molecule has 0 bridgehead atoms. The third-order valence-corrected chi connectivity index (χ3v) is 3.89. The number of hydrogen-bond donors (Lipinski definition) is 2. The van der Waals surface area contributed by atoms with Gasteiger partial charge in [0.1, 0.15) is 0 Å². The maximum absolute atomic E-state index is 12.2. The maximum Gasteiger partial charge on any atom is 0.230 e. The molecule has 1 aromatic rings. The van der Waals surface area contributed by atoms with Gasteiger partial charge in [-0.05, 0) is 37.1 Å². The van der Waals surface area contributed by atoms with E-state index in [1.165, 1.54) is 0 Å². The fourth-order valence-electron chi connectivity index (χ4n) is 2.17. The highest BCUT2D eigenvalue weighted by atomic mass is 79.9. The van der Waals surface area contributed by atoms with E-state index in [0.717, 1.165) is 36.0 Å². The molecule has 1 saturated carbocycles. The minimum absolute atomic E-state index is 0.165. The van der Waals surface area contributed by atoms with Crippen LogP contribution in [0, 0.1) is 0 Å². The molecular formula is C14H19BrN2O. The molecule has 1 aliphatic rings. The van der Waals surface area contributed by atoms with Crippen LogP contribution in [0.25, 0.3) is 0 Å². The Morgan fingerprint density at radius 1 is 1.39 bits per heavy atom. The van der Waals surface area contributed by atoms with Crippen molar-refractivity contribution in [2.75, 3.05) is 19.6 Å². The van der Waals surface area contributed by atoms with Gasteiger partial charge >= 0.3 is 0 Å². The number of rotatable bonds is 6. The van der Waals surface area contributed by atoms with E-state index in [4.69, 9.17) is 0 Å². The average Bonchev–Trinajstić information content (AvgIpc) is 3.16. The van der Waals surface area contributed by atoms with Crippen LogP contribution in [0.5, 0.6) is 0 Å². The number of hydrogen-bond acceptors (Lipinski definition) is 2. The molecule has 1 aliphatic carbocycles. The molecule has 0 aromatic heterocycles. The van der Waals surface area contributed by atoms with E-state index < -0.39 is 0 Å². The Labute approximate surface area is 116 Å². The van der Waals surface area contributed by atoms with E-state index in [-0.39, 0.29) is 11.3 Å². The van der Waals surface area contributed by atoms with Gasteiger partial charge in [0.2, 0.25) is 5.91 Å². The van der Waals surface area contributed by atoms with Gasteiger partial charge < -0.3 is 10.6 Å². The smallest absolute Gasteiger partial charge is 0.230 e. The zero-order valence-corrected chi connectivity index (χ0v) is 12.2. The topological polar surface area (TPSA) is 41.1 Å². The van der Waals surface area contributed by atoms with E-state index in [9.17, 15) is 4.79 Å². The van der Waals surface area contributed by atoms with Crippen molar-refractivity contribution < 1.29 is 4.79 Å². The normalized spacial score (nSPS) is 16.3. The Bertz CT molecular complexity index is 430. The molecule has 1 amide bonds. The summed E-state index contributed by atoms with van der Waals surface area (Å²) in [6, 6.07) is 8.08. The first-order valence-corrected chi connectivity index (χ1v) is 7.23. The van der Waals surface area contributed by atoms with Crippen LogP contribution in [-0.2, 0) is 10.2 Å². The third-order valence-electron chi connectivity index (χ3n) is 3.40. The molecule has 1 fully saturated rings. The molecular weight excluding hydrogens is 292 g/mol. The molecule has 0 unspecified atom stereocenters. The van der Waals surface area contributed by atoms with Crippen LogP contribution >= 0.6 is 15.9 Å². The number of nitrogens with one attached hydrogen (secondary N) is 2. The summed E-state index contributed by atoms with van der Waals surface area (Å²) in [5.41, 5.74) is 0.855. The molecule has 4 heteroatoms. The molecule has 0 aliphatic heterocycles. The predicted octanol–water partition coefficient (Wildman–Crippen LogP) is 2.21. The van der Waals surface area contributed by atoms with Crippen LogP contribution in [0.15, 0.2) is 28.7 Å². The summed E-state index contributed by atoms with van der Waals surface area (Å²) in [5.74, 6) is 0.165. The number of halogens is 1. The minimum atomic E-state index is -0.268. The predicted molar refractivity (Wildman–Crippen MR) is 76.6 cm³/mol. The summed E-state index contributed by atoms with van der Waals surface area (Å²) in [5, 5.41) is 6.22. The summed E-state index contributed by atoms with van der Waals surface area (Å²) in [6.45, 7) is 4.53. The van der Waals surface area contributed by atoms with E-state index >= 15 is 0 Å². The van der Waals surface area contributed by atoms with Crippen LogP contribution in [0.2, 0.25) is 0 Å². The fourth-order valence-corrected chi connectivity index (χ4v) is 2.57. The van der Waals surface area contributed by atoms with Crippen molar-refractivity contribution in [3.8, 4) is 0 Å². The molecule has 1 aromatic carbocycles. The van der Waals surface area contributed by atoms with Crippen molar-refractivity contribution in [2.45, 2.75) is 25.2 Å². The molecule has 0 saturated heterocycles. The highest BCUT2D eigenvalue weighted by Crippen LogP contribution is 2.48. The Morgan fingerprint density at radius 2 is 2.17 bits per heavy atom. The van der Waals surface area contributed by atoms with Gasteiger partial charge in [0.25, 0.3) is 0 Å². The number of amides is 1. The van der Waals surface area contributed by atoms with Gasteiger partial charge in [0.15, 0.2) is 0 Å². The highest BCUT2D eigenvalue weighted by Gasteiger charge is 2.51. The Hall–Kier alpha value is -0.870. The van der Waals surface area contributed by atoms with E-state index in [1.807, 2.05) is 18.2 Å². The molecule has 0 radical (unpaired) electrons. The highest BCUT2D eigenvalue weighted by molar-refractivity contribution is 9.10. The maximum atomic E-state index is 12.2. The largest absolute Gasteiger partial charge is 0.354 e. The number of benzene rings is 1. The van der Waals surface area contributed by atoms with Gasteiger partial charge in [-0.1, -0.05) is 35.0 Å². The molecule has 3 nitrogen and oxygen atoms in total. The van der Waals surface area contributed by atoms with E-state index in [0.29, 0.717) is 6.54 Å². The lowest BCUT2D eigenvalue weighted by Crippen LogP contribution is -2.38. The molecule has 0 spiro atoms. The second-order valence-corrected chi connectivity index (χ2v) is 5.62. The van der Waals surface area contributed by atoms with Crippen molar-refractivity contribution in [1.82, 2.24) is 10.6 Å². The third kappa shape index (κ3) is 2.93. The first kappa shape index (κ1) is 13.6. The zero-order chi connectivity index (χ0) is 13.0. The lowest BCUT2D eigenvalue weighted by Gasteiger charge is -2.16. The minimum Gasteiger partial charge on any atom is -0.354 e. The summed E-state index contributed by atoms with van der Waals surface area (Å²) >= 11 is 3.46. The van der Waals surface area contributed by atoms with Gasteiger partial charge in [0.05, 0.1) is 5.41 Å². The van der Waals surface area contributed by atoms with E-state index in [2.05, 4.69) is 39.6 Å². The SMILES string of the molecule is CCNCCNC(=O)C1(c2cccc(Br)c2)CC1. The second-order valence-electron chi connectivity index (χ2n) is 4.70. The number of carbonyl (C=O) groups excluding carboxylic acids is 1. The average molecular weight is 311 g/mol. The van der Waals surface area contributed by atoms with Crippen molar-refractivity contribution in [3.63, 3.8) is 0 Å². The number of likely N-dealkylation sites (N-methyl/N-ethyl adjacent to an activating group) is 1. The Morgan fingerprint density at radius 3 is 2.78 bits per heavy atom. The van der Waals surface area contributed by atoms with Gasteiger partial charge in [-0.15, -0.1) is 0 Å². The van der Waals surface area contributed by atoms with Crippen LogP contribution in [0.3, 0.4) is 0 Å². The van der Waals surface area contributed by atoms with Crippen molar-refractivity contribution >= 4 is 21.8 Å². The van der Waals surface area contributed by atoms with Gasteiger partial charge in [-0.3, -0.25) is 4.79 Å². The standard InChI is InChI=1S/C14H19BrN2O/c1-2-16-8-9-17-13(18)14(6-7-14)11-4-3-5-12(15)10-11/h3-5,10,16H,2,6-9H2,1H3,(H,17,18). The first-order chi connectivity index (χ1) is 8.69. The Balaban J connectivity index is 1.97. The molecule has 2 rings (SSSR count). The van der Waals surface area contributed by atoms with Crippen molar-refractivity contribution in [3.05, 3.63) is 34.3 Å². The van der Waals surface area contributed by atoms with Crippen LogP contribution in [-0.4, -0.2) is 25.5 Å². The van der Waals surface area contributed by atoms with Gasteiger partial charge in [-0.2, -0.15) is 0 Å². The van der Waals surface area contributed by atoms with Gasteiger partial charge in [-0.25, -0.2) is 0 Å². The zero-order valence-electron chi connectivity index (χ0n) is 10.6. The number of carbonyl (C=O) groups is 1. The molecule has 0 heterocycles. The lowest BCUT2D eigenvalue weighted by molar-refractivity contribution is -0.123. The fraction of sp³-hybridized carbons (Fsp3) is 0.500. The second kappa shape index (κ2) is 5.85. The molecule has 2 N–H and O–H groups in total. The van der Waals surface area contributed by atoms with Crippen molar-refractivity contribution in [1.29, 1.82) is 0 Å². The van der Waals surface area contributed by atoms with Crippen LogP contribution in [0.1, 0.15) is 25.3 Å². The summed E-state index contributed by atoms with van der Waals surface area (Å²) in [6.07, 6.45) is 1.91. The summed E-state index contributed by atoms with van der Waals surface area (Å²) in [7, 11) is 0. The summed E-state index contributed by atoms with van der Waals surface area (Å²) in [4.78, 5) is 12.2. The molecule has 0 atom stereocenters. The lowest BCUT2D eigenvalue weighted by atomic mass is 9.95. The van der Waals surface area contributed by atoms with Crippen LogP contribution in [0.4, 0.5) is 0 Å². The first-order valence-electron chi connectivity index (χ1n) is 6.44. The van der Waals surface area contributed by atoms with Crippen molar-refractivity contribution in [2.24, 2.45) is 0 Å². The van der Waals surface area contributed by atoms with E-state index in [1.54, 1.807) is 0 Å². The van der Waals surface area contributed by atoms with Gasteiger partial charge in [0, 0.05) is 17.6 Å². The monoisotopic (exact) mass is 310 g/mol. The summed E-state index contributed by atoms with van der Waals surface area (Å²) < 4.78 is 1.03. The molecule has 98 valence electrons.